The third kappa shape index (κ3) is 16.6. The Balaban J connectivity index is 2.95. The van der Waals surface area contributed by atoms with E-state index < -0.39 is 72.3 Å². The number of guanidine groups is 1. The maximum absolute atomic E-state index is 13.3. The maximum Gasteiger partial charge on any atom is 0.326 e. The minimum Gasteiger partial charge on any atom is -0.480 e. The quantitative estimate of drug-likeness (QED) is 0.0344. The molecule has 1 aromatic carbocycles. The molecule has 0 saturated heterocycles. The Morgan fingerprint density at radius 2 is 1.42 bits per heavy atom. The fourth-order valence-corrected chi connectivity index (χ4v) is 4.89. The average Bonchev–Trinajstić information content (AvgIpc) is 3.06. The molecule has 1 rings (SSSR count). The SMILES string of the molecule is CC[C@H](C)[C@H](NC(=O)[C@H](CCN)NC(=O)[C@@H](N)Cc1ccccc1)C(=O)NCC(=O)N[C@@H](CCCN=C(N)N)C(=O)N[C@@H](CC(C)C)C(=O)O. The summed E-state index contributed by atoms with van der Waals surface area (Å²) in [7, 11) is 0. The summed E-state index contributed by atoms with van der Waals surface area (Å²) >= 11 is 0. The van der Waals surface area contributed by atoms with E-state index in [1.807, 2.05) is 51.1 Å². The lowest BCUT2D eigenvalue weighted by atomic mass is 9.97. The Bertz CT molecular complexity index is 1290. The molecule has 280 valence electrons. The van der Waals surface area contributed by atoms with Crippen molar-refractivity contribution in [3.63, 3.8) is 0 Å². The van der Waals surface area contributed by atoms with Crippen LogP contribution in [0.2, 0.25) is 0 Å². The van der Waals surface area contributed by atoms with Crippen LogP contribution in [0.25, 0.3) is 0 Å². The molecule has 0 aliphatic carbocycles. The molecule has 0 aliphatic heterocycles. The summed E-state index contributed by atoms with van der Waals surface area (Å²) in [5, 5.41) is 22.4. The van der Waals surface area contributed by atoms with Crippen molar-refractivity contribution in [2.24, 2.45) is 39.8 Å². The van der Waals surface area contributed by atoms with Crippen molar-refractivity contribution in [2.45, 2.75) is 96.4 Å². The maximum atomic E-state index is 13.3. The predicted octanol–water partition coefficient (Wildman–Crippen LogP) is -1.81. The van der Waals surface area contributed by atoms with Gasteiger partial charge in [-0.25, -0.2) is 4.79 Å². The molecule has 6 atom stereocenters. The molecule has 0 radical (unpaired) electrons. The predicted molar refractivity (Wildman–Crippen MR) is 189 cm³/mol. The molecular formula is C33H56N10O7. The molecular weight excluding hydrogens is 648 g/mol. The van der Waals surface area contributed by atoms with Gasteiger partial charge >= 0.3 is 5.97 Å². The number of nitrogens with two attached hydrogens (primary N) is 4. The summed E-state index contributed by atoms with van der Waals surface area (Å²) in [6.07, 6.45) is 1.35. The number of carboxylic acid groups (broad SMARTS) is 1. The first-order chi connectivity index (χ1) is 23.6. The number of rotatable bonds is 23. The van der Waals surface area contributed by atoms with E-state index >= 15 is 0 Å². The zero-order valence-electron chi connectivity index (χ0n) is 29.4. The van der Waals surface area contributed by atoms with Crippen LogP contribution in [0.15, 0.2) is 35.3 Å². The molecule has 50 heavy (non-hydrogen) atoms. The Morgan fingerprint density at radius 3 is 1.98 bits per heavy atom. The Hall–Kier alpha value is -4.77. The highest BCUT2D eigenvalue weighted by atomic mass is 16.4. The van der Waals surface area contributed by atoms with Gasteiger partial charge in [-0.05, 0) is 56.0 Å². The van der Waals surface area contributed by atoms with Crippen molar-refractivity contribution in [2.75, 3.05) is 19.6 Å². The Morgan fingerprint density at radius 1 is 0.820 bits per heavy atom. The normalized spacial score (nSPS) is 14.5. The molecule has 14 N–H and O–H groups in total. The van der Waals surface area contributed by atoms with Crippen LogP contribution in [0, 0.1) is 11.8 Å². The average molecular weight is 705 g/mol. The van der Waals surface area contributed by atoms with Gasteiger partial charge in [-0.2, -0.15) is 0 Å². The summed E-state index contributed by atoms with van der Waals surface area (Å²) in [6.45, 7) is 6.86. The van der Waals surface area contributed by atoms with E-state index in [1.54, 1.807) is 6.92 Å². The summed E-state index contributed by atoms with van der Waals surface area (Å²) in [4.78, 5) is 81.1. The standard InChI is InChI=1S/C33H56N10O7/c1-5-20(4)27(43-30(47)24(13-14-34)41-28(45)22(35)17-21-10-7-6-8-11-21)31(48)39-18-26(44)40-23(12-9-15-38-33(36)37)29(46)42-25(32(49)50)16-19(2)3/h6-8,10-11,19-20,22-25,27H,5,9,12-18,34-35H2,1-4H3,(H,39,48)(H,40,44)(H,41,45)(H,42,46)(H,43,47)(H,49,50)(H4,36,37,38)/t20-,22-,23-,24-,25-,27-/m0/s1. The van der Waals surface area contributed by atoms with Crippen LogP contribution < -0.4 is 49.5 Å². The summed E-state index contributed by atoms with van der Waals surface area (Å²) in [5.74, 6) is -5.09. The number of aliphatic imine (C=N–C) groups is 1. The molecule has 5 amide bonds. The molecule has 0 bridgehead atoms. The van der Waals surface area contributed by atoms with E-state index in [-0.39, 0.29) is 63.0 Å². The van der Waals surface area contributed by atoms with Gasteiger partial charge in [-0.1, -0.05) is 64.4 Å². The molecule has 0 unspecified atom stereocenters. The highest BCUT2D eigenvalue weighted by Gasteiger charge is 2.31. The van der Waals surface area contributed by atoms with Gasteiger partial charge in [0.05, 0.1) is 12.6 Å². The van der Waals surface area contributed by atoms with Crippen LogP contribution in [0.3, 0.4) is 0 Å². The van der Waals surface area contributed by atoms with Gasteiger partial charge in [0, 0.05) is 6.54 Å². The van der Waals surface area contributed by atoms with Gasteiger partial charge in [0.1, 0.15) is 24.2 Å². The molecule has 17 heteroatoms. The second-order valence-electron chi connectivity index (χ2n) is 12.6. The second-order valence-corrected chi connectivity index (χ2v) is 12.6. The van der Waals surface area contributed by atoms with E-state index in [9.17, 15) is 33.9 Å². The summed E-state index contributed by atoms with van der Waals surface area (Å²) < 4.78 is 0. The number of amides is 5. The number of aliphatic carboxylic acids is 1. The fourth-order valence-electron chi connectivity index (χ4n) is 4.89. The first kappa shape index (κ1) is 43.3. The molecule has 0 aromatic heterocycles. The minimum absolute atomic E-state index is 0.0282. The van der Waals surface area contributed by atoms with E-state index in [0.717, 1.165) is 5.56 Å². The van der Waals surface area contributed by atoms with Crippen molar-refractivity contribution >= 4 is 41.5 Å². The van der Waals surface area contributed by atoms with Gasteiger partial charge in [-0.3, -0.25) is 29.0 Å². The number of carboxylic acids is 1. The van der Waals surface area contributed by atoms with E-state index in [2.05, 4.69) is 31.6 Å². The summed E-state index contributed by atoms with van der Waals surface area (Å²) in [5.41, 5.74) is 23.4. The highest BCUT2D eigenvalue weighted by Crippen LogP contribution is 2.10. The van der Waals surface area contributed by atoms with Crippen LogP contribution in [-0.4, -0.2) is 96.4 Å². The molecule has 0 saturated carbocycles. The molecule has 17 nitrogen and oxygen atoms in total. The number of nitrogens with zero attached hydrogens (tertiary/aromatic N) is 1. The lowest BCUT2D eigenvalue weighted by Crippen LogP contribution is -2.58. The van der Waals surface area contributed by atoms with Gasteiger partial charge in [0.25, 0.3) is 0 Å². The van der Waals surface area contributed by atoms with E-state index in [1.165, 1.54) is 0 Å². The molecule has 0 heterocycles. The van der Waals surface area contributed by atoms with Crippen LogP contribution in [-0.2, 0) is 35.2 Å². The van der Waals surface area contributed by atoms with Crippen molar-refractivity contribution in [1.29, 1.82) is 0 Å². The van der Waals surface area contributed by atoms with Crippen molar-refractivity contribution in [3.05, 3.63) is 35.9 Å². The first-order valence-electron chi connectivity index (χ1n) is 16.8. The molecule has 1 aromatic rings. The first-order valence-corrected chi connectivity index (χ1v) is 16.8. The number of carbonyl (C=O) groups excluding carboxylic acids is 5. The number of benzene rings is 1. The number of carbonyl (C=O) groups is 6. The number of hydrogen-bond acceptors (Lipinski definition) is 9. The van der Waals surface area contributed by atoms with Crippen LogP contribution in [0.4, 0.5) is 0 Å². The second kappa shape index (κ2) is 22.8. The zero-order chi connectivity index (χ0) is 37.8. The zero-order valence-corrected chi connectivity index (χ0v) is 29.4. The largest absolute Gasteiger partial charge is 0.480 e. The monoisotopic (exact) mass is 704 g/mol. The third-order valence-electron chi connectivity index (χ3n) is 7.86. The van der Waals surface area contributed by atoms with Crippen molar-refractivity contribution in [3.8, 4) is 0 Å². The smallest absolute Gasteiger partial charge is 0.326 e. The third-order valence-corrected chi connectivity index (χ3v) is 7.86. The van der Waals surface area contributed by atoms with Gasteiger partial charge in [-0.15, -0.1) is 0 Å². The van der Waals surface area contributed by atoms with Crippen LogP contribution >= 0.6 is 0 Å². The van der Waals surface area contributed by atoms with Crippen molar-refractivity contribution < 1.29 is 33.9 Å². The topological polar surface area (TPSA) is 299 Å². The lowest BCUT2D eigenvalue weighted by Gasteiger charge is -2.27. The summed E-state index contributed by atoms with van der Waals surface area (Å²) in [6, 6.07) is 3.75. The molecule has 0 aliphatic rings. The van der Waals surface area contributed by atoms with Gasteiger partial charge in [0.2, 0.25) is 29.5 Å². The fraction of sp³-hybridized carbons (Fsp3) is 0.606. The van der Waals surface area contributed by atoms with E-state index in [0.29, 0.717) is 6.42 Å². The van der Waals surface area contributed by atoms with Crippen LogP contribution in [0.1, 0.15) is 65.4 Å². The lowest BCUT2D eigenvalue weighted by molar-refractivity contribution is -0.142. The number of hydrogen-bond donors (Lipinski definition) is 10. The number of nitrogens with one attached hydrogen (secondary N) is 5. The van der Waals surface area contributed by atoms with Gasteiger partial charge < -0.3 is 54.6 Å². The van der Waals surface area contributed by atoms with Crippen LogP contribution in [0.5, 0.6) is 0 Å². The molecule has 0 fully saturated rings. The highest BCUT2D eigenvalue weighted by molar-refractivity contribution is 5.95. The minimum atomic E-state index is -1.22. The molecule has 0 spiro atoms. The Kier molecular flexibility index (Phi) is 19.7. The van der Waals surface area contributed by atoms with Crippen molar-refractivity contribution in [1.82, 2.24) is 26.6 Å². The van der Waals surface area contributed by atoms with E-state index in [4.69, 9.17) is 22.9 Å². The Labute approximate surface area is 293 Å². The van der Waals surface area contributed by atoms with Gasteiger partial charge in [0.15, 0.2) is 5.96 Å².